The molecule has 9 heteroatoms. The van der Waals surface area contributed by atoms with Crippen molar-refractivity contribution >= 4 is 17.3 Å². The Balaban J connectivity index is 1.45. The molecule has 0 atom stereocenters. The number of amides is 1. The predicted octanol–water partition coefficient (Wildman–Crippen LogP) is 3.26. The summed E-state index contributed by atoms with van der Waals surface area (Å²) in [7, 11) is 0. The first-order valence-electron chi connectivity index (χ1n) is 11.2. The Morgan fingerprint density at radius 3 is 2.62 bits per heavy atom. The second-order valence-electron chi connectivity index (χ2n) is 9.36. The Bertz CT molecular complexity index is 992. The summed E-state index contributed by atoms with van der Waals surface area (Å²) in [6.07, 6.45) is 6.40. The van der Waals surface area contributed by atoms with Crippen molar-refractivity contribution in [2.75, 3.05) is 31.2 Å². The van der Waals surface area contributed by atoms with Gasteiger partial charge in [-0.05, 0) is 46.5 Å². The third-order valence-electron chi connectivity index (χ3n) is 5.75. The van der Waals surface area contributed by atoms with Crippen molar-refractivity contribution in [3.8, 4) is 11.8 Å². The lowest BCUT2D eigenvalue weighted by Gasteiger charge is -2.31. The molecule has 2 fully saturated rings. The molecule has 0 bridgehead atoms. The number of alkyl carbamates (subject to hydrolysis) is 1. The maximum Gasteiger partial charge on any atom is 0.407 e. The van der Waals surface area contributed by atoms with Crippen molar-refractivity contribution in [2.45, 2.75) is 64.2 Å². The number of rotatable bonds is 4. The van der Waals surface area contributed by atoms with E-state index in [1.165, 1.54) is 0 Å². The number of ether oxygens (including phenoxy) is 3. The number of nitrogens with zero attached hydrogens (tertiary/aromatic N) is 4. The molecule has 2 aromatic rings. The molecule has 1 saturated carbocycles. The fourth-order valence-electron chi connectivity index (χ4n) is 4.22. The Morgan fingerprint density at radius 2 is 1.97 bits per heavy atom. The third-order valence-corrected chi connectivity index (χ3v) is 5.75. The van der Waals surface area contributed by atoms with Gasteiger partial charge in [0.15, 0.2) is 0 Å². The van der Waals surface area contributed by atoms with Crippen LogP contribution in [0.2, 0.25) is 0 Å². The molecule has 1 aliphatic carbocycles. The van der Waals surface area contributed by atoms with Crippen LogP contribution in [0.5, 0.6) is 5.75 Å². The van der Waals surface area contributed by atoms with E-state index in [0.717, 1.165) is 44.5 Å². The van der Waals surface area contributed by atoms with E-state index in [2.05, 4.69) is 21.4 Å². The van der Waals surface area contributed by atoms with E-state index < -0.39 is 5.60 Å². The van der Waals surface area contributed by atoms with Crippen molar-refractivity contribution in [3.05, 3.63) is 24.0 Å². The third kappa shape index (κ3) is 5.25. The zero-order valence-corrected chi connectivity index (χ0v) is 19.0. The summed E-state index contributed by atoms with van der Waals surface area (Å²) >= 11 is 0. The van der Waals surface area contributed by atoms with Crippen LogP contribution in [0.4, 0.5) is 10.5 Å². The molecule has 3 heterocycles. The molecule has 1 saturated heterocycles. The van der Waals surface area contributed by atoms with Gasteiger partial charge in [0.2, 0.25) is 0 Å². The molecule has 2 aromatic heterocycles. The quantitative estimate of drug-likeness (QED) is 0.777. The molecule has 0 unspecified atom stereocenters. The van der Waals surface area contributed by atoms with E-state index >= 15 is 0 Å². The number of fused-ring (bicyclic) bond motifs is 1. The topological polar surface area (TPSA) is 101 Å². The summed E-state index contributed by atoms with van der Waals surface area (Å²) < 4.78 is 19.0. The molecular weight excluding hydrogens is 410 g/mol. The predicted molar refractivity (Wildman–Crippen MR) is 119 cm³/mol. The Labute approximate surface area is 188 Å². The highest BCUT2D eigenvalue weighted by atomic mass is 16.6. The summed E-state index contributed by atoms with van der Waals surface area (Å²) in [5.41, 5.74) is 1.68. The molecule has 1 N–H and O–H groups in total. The fraction of sp³-hybridized carbons (Fsp3) is 0.609. The standard InChI is InChI=1S/C23H31N5O4/c1-23(2,3)32-22(29)26-17-4-6-19(7-5-17)31-20-12-18(27-8-10-30-11-9-27)15-28-21(20)16(13-24)14-25-28/h12,14-15,17,19H,4-11H2,1-3H3,(H,26,29). The summed E-state index contributed by atoms with van der Waals surface area (Å²) in [6.45, 7) is 8.55. The van der Waals surface area contributed by atoms with E-state index in [1.54, 1.807) is 10.7 Å². The van der Waals surface area contributed by atoms with E-state index in [4.69, 9.17) is 14.2 Å². The van der Waals surface area contributed by atoms with Crippen molar-refractivity contribution in [1.29, 1.82) is 5.26 Å². The summed E-state index contributed by atoms with van der Waals surface area (Å²) in [6, 6.07) is 4.30. The average molecular weight is 442 g/mol. The van der Waals surface area contributed by atoms with Crippen LogP contribution in [0.3, 0.4) is 0 Å². The summed E-state index contributed by atoms with van der Waals surface area (Å²) in [5, 5.41) is 16.9. The number of hydrogen-bond acceptors (Lipinski definition) is 7. The first kappa shape index (κ1) is 22.2. The van der Waals surface area contributed by atoms with Crippen LogP contribution in [-0.4, -0.2) is 59.8 Å². The number of aromatic nitrogens is 2. The molecule has 2 aliphatic rings. The first-order chi connectivity index (χ1) is 15.3. The summed E-state index contributed by atoms with van der Waals surface area (Å²) in [4.78, 5) is 14.3. The second-order valence-corrected chi connectivity index (χ2v) is 9.36. The number of carbonyl (C=O) groups is 1. The highest BCUT2D eigenvalue weighted by Gasteiger charge is 2.27. The van der Waals surface area contributed by atoms with Gasteiger partial charge in [-0.25, -0.2) is 9.31 Å². The maximum atomic E-state index is 12.1. The van der Waals surface area contributed by atoms with Gasteiger partial charge >= 0.3 is 6.09 Å². The van der Waals surface area contributed by atoms with Crippen LogP contribution in [0.15, 0.2) is 18.5 Å². The van der Waals surface area contributed by atoms with Gasteiger partial charge in [-0.3, -0.25) is 0 Å². The van der Waals surface area contributed by atoms with Crippen LogP contribution in [0.1, 0.15) is 52.0 Å². The minimum absolute atomic E-state index is 0.0110. The van der Waals surface area contributed by atoms with Gasteiger partial charge < -0.3 is 24.4 Å². The van der Waals surface area contributed by atoms with E-state index in [9.17, 15) is 10.1 Å². The van der Waals surface area contributed by atoms with Crippen LogP contribution >= 0.6 is 0 Å². The van der Waals surface area contributed by atoms with E-state index in [-0.39, 0.29) is 18.2 Å². The van der Waals surface area contributed by atoms with Gasteiger partial charge in [-0.15, -0.1) is 0 Å². The monoisotopic (exact) mass is 441 g/mol. The highest BCUT2D eigenvalue weighted by Crippen LogP contribution is 2.32. The number of carbonyl (C=O) groups excluding carboxylic acids is 1. The number of pyridine rings is 1. The lowest BCUT2D eigenvalue weighted by molar-refractivity contribution is 0.0471. The SMILES string of the molecule is CC(C)(C)OC(=O)NC1CCC(Oc2cc(N3CCOCC3)cn3ncc(C#N)c23)CC1. The van der Waals surface area contributed by atoms with Gasteiger partial charge in [0.25, 0.3) is 0 Å². The second kappa shape index (κ2) is 9.25. The lowest BCUT2D eigenvalue weighted by Crippen LogP contribution is -2.42. The first-order valence-corrected chi connectivity index (χ1v) is 11.2. The number of nitrogens with one attached hydrogen (secondary N) is 1. The molecule has 0 spiro atoms. The molecule has 172 valence electrons. The molecule has 9 nitrogen and oxygen atoms in total. The van der Waals surface area contributed by atoms with Crippen molar-refractivity contribution in [1.82, 2.24) is 14.9 Å². The fourth-order valence-corrected chi connectivity index (χ4v) is 4.22. The minimum atomic E-state index is -0.509. The average Bonchev–Trinajstić information content (AvgIpc) is 3.18. The smallest absolute Gasteiger partial charge is 0.407 e. The molecule has 0 aromatic carbocycles. The van der Waals surface area contributed by atoms with Crippen molar-refractivity contribution in [2.24, 2.45) is 0 Å². The Hall–Kier alpha value is -2.99. The molecule has 1 aliphatic heterocycles. The Morgan fingerprint density at radius 1 is 1.25 bits per heavy atom. The zero-order valence-electron chi connectivity index (χ0n) is 19.0. The van der Waals surface area contributed by atoms with Gasteiger partial charge in [0.1, 0.15) is 28.5 Å². The summed E-state index contributed by atoms with van der Waals surface area (Å²) in [5.74, 6) is 0.673. The number of nitriles is 1. The minimum Gasteiger partial charge on any atom is -0.488 e. The molecule has 32 heavy (non-hydrogen) atoms. The van der Waals surface area contributed by atoms with Gasteiger partial charge in [-0.1, -0.05) is 0 Å². The van der Waals surface area contributed by atoms with E-state index in [0.29, 0.717) is 30.0 Å². The van der Waals surface area contributed by atoms with Gasteiger partial charge in [-0.2, -0.15) is 10.4 Å². The molecule has 4 rings (SSSR count). The largest absolute Gasteiger partial charge is 0.488 e. The van der Waals surface area contributed by atoms with Crippen LogP contribution < -0.4 is 15.0 Å². The maximum absolute atomic E-state index is 12.1. The van der Waals surface area contributed by atoms with Crippen LogP contribution in [0, 0.1) is 11.3 Å². The molecule has 1 amide bonds. The van der Waals surface area contributed by atoms with Crippen LogP contribution in [-0.2, 0) is 9.47 Å². The Kier molecular flexibility index (Phi) is 6.42. The van der Waals surface area contributed by atoms with Gasteiger partial charge in [0, 0.05) is 25.2 Å². The normalized spacial score (nSPS) is 21.8. The zero-order chi connectivity index (χ0) is 22.7. The number of anilines is 1. The molecular formula is C23H31N5O4. The van der Waals surface area contributed by atoms with Gasteiger partial charge in [0.05, 0.1) is 37.4 Å². The van der Waals surface area contributed by atoms with Crippen molar-refractivity contribution < 1.29 is 19.0 Å². The molecule has 0 radical (unpaired) electrons. The lowest BCUT2D eigenvalue weighted by atomic mass is 9.93. The highest BCUT2D eigenvalue weighted by molar-refractivity contribution is 5.72. The van der Waals surface area contributed by atoms with E-state index in [1.807, 2.05) is 33.0 Å². The van der Waals surface area contributed by atoms with Crippen molar-refractivity contribution in [3.63, 3.8) is 0 Å². The number of morpholine rings is 1. The number of hydrogen-bond donors (Lipinski definition) is 1. The van der Waals surface area contributed by atoms with Crippen LogP contribution in [0.25, 0.3) is 5.52 Å².